The van der Waals surface area contributed by atoms with E-state index in [1.807, 2.05) is 0 Å². The van der Waals surface area contributed by atoms with Crippen molar-refractivity contribution in [3.63, 3.8) is 0 Å². The average molecular weight is 283 g/mol. The summed E-state index contributed by atoms with van der Waals surface area (Å²) in [6.07, 6.45) is -1.71. The summed E-state index contributed by atoms with van der Waals surface area (Å²) in [6.45, 7) is 10.2. The van der Waals surface area contributed by atoms with Crippen LogP contribution in [0.15, 0.2) is 0 Å². The van der Waals surface area contributed by atoms with Gasteiger partial charge in [-0.25, -0.2) is 0 Å². The largest absolute Gasteiger partial charge is 0.411 e. The summed E-state index contributed by atoms with van der Waals surface area (Å²) in [6, 6.07) is 0. The molecule has 0 aliphatic rings. The molecule has 0 atom stereocenters. The molecular weight excluding hydrogens is 255 g/mol. The lowest BCUT2D eigenvalue weighted by Crippen LogP contribution is -2.44. The third kappa shape index (κ3) is 9.27. The Labute approximate surface area is 115 Å². The lowest BCUT2D eigenvalue weighted by molar-refractivity contribution is -0.175. The monoisotopic (exact) mass is 283 g/mol. The van der Waals surface area contributed by atoms with Crippen molar-refractivity contribution in [3.8, 4) is 0 Å². The molecule has 0 aliphatic heterocycles. The fourth-order valence-electron chi connectivity index (χ4n) is 1.87. The van der Waals surface area contributed by atoms with Crippen LogP contribution in [0.25, 0.3) is 0 Å². The molecule has 1 N–H and O–H groups in total. The van der Waals surface area contributed by atoms with Crippen LogP contribution in [0.2, 0.25) is 0 Å². The highest BCUT2D eigenvalue weighted by molar-refractivity contribution is 4.83. The molecule has 0 bridgehead atoms. The van der Waals surface area contributed by atoms with Crippen molar-refractivity contribution in [1.29, 1.82) is 0 Å². The Morgan fingerprint density at radius 1 is 1.00 bits per heavy atom. The van der Waals surface area contributed by atoms with E-state index in [4.69, 9.17) is 4.74 Å². The molecule has 19 heavy (non-hydrogen) atoms. The molecular formula is C14H28F3NO. The van der Waals surface area contributed by atoms with Crippen LogP contribution in [-0.2, 0) is 4.74 Å². The quantitative estimate of drug-likeness (QED) is 0.676. The smallest absolute Gasteiger partial charge is 0.372 e. The van der Waals surface area contributed by atoms with E-state index < -0.39 is 12.8 Å². The van der Waals surface area contributed by atoms with Gasteiger partial charge in [0.25, 0.3) is 0 Å². The summed E-state index contributed by atoms with van der Waals surface area (Å²) in [5, 5.41) is 3.44. The summed E-state index contributed by atoms with van der Waals surface area (Å²) in [7, 11) is 0. The number of ether oxygens (including phenoxy) is 1. The van der Waals surface area contributed by atoms with E-state index in [1.165, 1.54) is 0 Å². The van der Waals surface area contributed by atoms with Crippen LogP contribution >= 0.6 is 0 Å². The second-order valence-corrected chi connectivity index (χ2v) is 6.23. The van der Waals surface area contributed by atoms with Crippen molar-refractivity contribution in [2.24, 2.45) is 5.41 Å². The third-order valence-electron chi connectivity index (χ3n) is 3.54. The summed E-state index contributed by atoms with van der Waals surface area (Å²) in [4.78, 5) is 0. The van der Waals surface area contributed by atoms with Gasteiger partial charge in [0.2, 0.25) is 0 Å². The first-order valence-corrected chi connectivity index (χ1v) is 6.93. The number of hydrogen-bond donors (Lipinski definition) is 1. The van der Waals surface area contributed by atoms with Crippen LogP contribution in [0.3, 0.4) is 0 Å². The van der Waals surface area contributed by atoms with Gasteiger partial charge in [-0.1, -0.05) is 13.8 Å². The summed E-state index contributed by atoms with van der Waals surface area (Å²) >= 11 is 0. The van der Waals surface area contributed by atoms with Gasteiger partial charge in [-0.05, 0) is 45.4 Å². The van der Waals surface area contributed by atoms with E-state index in [9.17, 15) is 13.2 Å². The minimum atomic E-state index is -4.23. The molecule has 5 heteroatoms. The van der Waals surface area contributed by atoms with E-state index in [-0.39, 0.29) is 17.6 Å². The molecule has 0 unspecified atom stereocenters. The van der Waals surface area contributed by atoms with Crippen LogP contribution in [0.5, 0.6) is 0 Å². The first kappa shape index (κ1) is 18.7. The highest BCUT2D eigenvalue weighted by atomic mass is 19.4. The highest BCUT2D eigenvalue weighted by Crippen LogP contribution is 2.30. The van der Waals surface area contributed by atoms with Gasteiger partial charge in [-0.15, -0.1) is 0 Å². The minimum absolute atomic E-state index is 0.0128. The Bertz CT molecular complexity index is 242. The van der Waals surface area contributed by atoms with Crippen molar-refractivity contribution in [1.82, 2.24) is 5.32 Å². The van der Waals surface area contributed by atoms with E-state index in [2.05, 4.69) is 39.9 Å². The van der Waals surface area contributed by atoms with Gasteiger partial charge in [-0.2, -0.15) is 13.2 Å². The first-order chi connectivity index (χ1) is 8.54. The van der Waals surface area contributed by atoms with Crippen molar-refractivity contribution in [2.45, 2.75) is 65.6 Å². The predicted molar refractivity (Wildman–Crippen MR) is 72.3 cm³/mol. The van der Waals surface area contributed by atoms with Gasteiger partial charge in [0.05, 0.1) is 0 Å². The molecule has 0 saturated carbocycles. The Hall–Kier alpha value is -0.290. The standard InChI is InChI=1S/C14H28F3NO/c1-6-13(7-2,10-18-12(3,4)5)8-9-19-11-14(15,16)17/h18H,6-11H2,1-5H3. The van der Waals surface area contributed by atoms with Gasteiger partial charge in [0.1, 0.15) is 6.61 Å². The molecule has 0 aromatic carbocycles. The average Bonchev–Trinajstić information content (AvgIpc) is 2.26. The fourth-order valence-corrected chi connectivity index (χ4v) is 1.87. The van der Waals surface area contributed by atoms with E-state index in [0.717, 1.165) is 19.4 Å². The van der Waals surface area contributed by atoms with Crippen LogP contribution in [0.1, 0.15) is 53.9 Å². The third-order valence-corrected chi connectivity index (χ3v) is 3.54. The summed E-state index contributed by atoms with van der Waals surface area (Å²) in [5.74, 6) is 0. The number of halogens is 3. The van der Waals surface area contributed by atoms with Crippen molar-refractivity contribution < 1.29 is 17.9 Å². The first-order valence-electron chi connectivity index (χ1n) is 6.93. The molecule has 0 heterocycles. The number of rotatable bonds is 8. The fraction of sp³-hybridized carbons (Fsp3) is 1.00. The lowest BCUT2D eigenvalue weighted by atomic mass is 9.79. The summed E-state index contributed by atoms with van der Waals surface area (Å²) in [5.41, 5.74) is 0.0291. The van der Waals surface area contributed by atoms with Crippen LogP contribution in [-0.4, -0.2) is 31.5 Å². The molecule has 0 aromatic rings. The highest BCUT2D eigenvalue weighted by Gasteiger charge is 2.30. The maximum Gasteiger partial charge on any atom is 0.411 e. The Balaban J connectivity index is 4.23. The molecule has 0 spiro atoms. The molecule has 0 fully saturated rings. The predicted octanol–water partition coefficient (Wildman–Crippen LogP) is 4.15. The minimum Gasteiger partial charge on any atom is -0.372 e. The Morgan fingerprint density at radius 3 is 1.89 bits per heavy atom. The van der Waals surface area contributed by atoms with Crippen molar-refractivity contribution in [2.75, 3.05) is 19.8 Å². The number of hydrogen-bond acceptors (Lipinski definition) is 2. The van der Waals surface area contributed by atoms with Gasteiger partial charge in [-0.3, -0.25) is 0 Å². The maximum atomic E-state index is 12.0. The zero-order valence-corrected chi connectivity index (χ0v) is 12.8. The summed E-state index contributed by atoms with van der Waals surface area (Å²) < 4.78 is 40.8. The molecule has 0 radical (unpaired) electrons. The molecule has 0 amide bonds. The van der Waals surface area contributed by atoms with Crippen LogP contribution < -0.4 is 5.32 Å². The Morgan fingerprint density at radius 2 is 1.53 bits per heavy atom. The molecule has 0 aliphatic carbocycles. The van der Waals surface area contributed by atoms with E-state index >= 15 is 0 Å². The van der Waals surface area contributed by atoms with Gasteiger partial charge in [0, 0.05) is 18.7 Å². The van der Waals surface area contributed by atoms with Crippen molar-refractivity contribution >= 4 is 0 Å². The zero-order chi connectivity index (χ0) is 15.2. The Kier molecular flexibility index (Phi) is 7.37. The molecule has 0 saturated heterocycles. The second-order valence-electron chi connectivity index (χ2n) is 6.23. The van der Waals surface area contributed by atoms with Crippen molar-refractivity contribution in [3.05, 3.63) is 0 Å². The van der Waals surface area contributed by atoms with Crippen LogP contribution in [0.4, 0.5) is 13.2 Å². The maximum absolute atomic E-state index is 12.0. The number of nitrogens with one attached hydrogen (secondary N) is 1. The van der Waals surface area contributed by atoms with E-state index in [1.54, 1.807) is 0 Å². The van der Waals surface area contributed by atoms with Crippen LogP contribution in [0, 0.1) is 5.41 Å². The topological polar surface area (TPSA) is 21.3 Å². The normalized spacial score (nSPS) is 13.9. The van der Waals surface area contributed by atoms with Gasteiger partial charge < -0.3 is 10.1 Å². The van der Waals surface area contributed by atoms with Gasteiger partial charge in [0.15, 0.2) is 0 Å². The molecule has 0 rings (SSSR count). The molecule has 116 valence electrons. The molecule has 0 aromatic heterocycles. The SMILES string of the molecule is CCC(CC)(CCOCC(F)(F)F)CNC(C)(C)C. The van der Waals surface area contributed by atoms with Gasteiger partial charge >= 0.3 is 6.18 Å². The van der Waals surface area contributed by atoms with E-state index in [0.29, 0.717) is 6.42 Å². The number of alkyl halides is 3. The zero-order valence-electron chi connectivity index (χ0n) is 12.8. The second kappa shape index (κ2) is 7.48. The lowest BCUT2D eigenvalue weighted by Gasteiger charge is -2.35. The molecule has 2 nitrogen and oxygen atoms in total.